The third-order valence-corrected chi connectivity index (χ3v) is 4.86. The molecule has 2 aromatic rings. The summed E-state index contributed by atoms with van der Waals surface area (Å²) in [5.74, 6) is 0.0344. The highest BCUT2D eigenvalue weighted by Crippen LogP contribution is 2.17. The summed E-state index contributed by atoms with van der Waals surface area (Å²) < 4.78 is 5.50. The van der Waals surface area contributed by atoms with Crippen molar-refractivity contribution in [3.63, 3.8) is 0 Å². The highest BCUT2D eigenvalue weighted by Gasteiger charge is 2.30. The first-order chi connectivity index (χ1) is 12.2. The minimum absolute atomic E-state index is 0.0312. The summed E-state index contributed by atoms with van der Waals surface area (Å²) in [5, 5.41) is 10.6. The van der Waals surface area contributed by atoms with E-state index in [1.807, 2.05) is 9.80 Å². The van der Waals surface area contributed by atoms with Crippen molar-refractivity contribution in [1.29, 1.82) is 0 Å². The van der Waals surface area contributed by atoms with Crippen LogP contribution in [0.1, 0.15) is 29.6 Å². The standard InChI is InChI=1S/C17H21N5O3/c23-16(12-4-5-13-14(11-12)19-20-18-13)21-6-2-7-22(9-8-21)17(24)15-3-1-10-25-15/h4-5,11,15H,1-3,6-10H2,(H,18,19,20)/t15-/m1/s1. The van der Waals surface area contributed by atoms with Gasteiger partial charge in [0.15, 0.2) is 0 Å². The van der Waals surface area contributed by atoms with Crippen LogP contribution in [0.4, 0.5) is 0 Å². The van der Waals surface area contributed by atoms with Crippen LogP contribution in [0, 0.1) is 0 Å². The minimum Gasteiger partial charge on any atom is -0.368 e. The molecule has 2 saturated heterocycles. The lowest BCUT2D eigenvalue weighted by molar-refractivity contribution is -0.140. The van der Waals surface area contributed by atoms with Gasteiger partial charge in [0.2, 0.25) is 0 Å². The molecule has 25 heavy (non-hydrogen) atoms. The molecule has 132 valence electrons. The molecular formula is C17H21N5O3. The molecule has 0 unspecified atom stereocenters. The van der Waals surface area contributed by atoms with Crippen molar-refractivity contribution in [2.24, 2.45) is 0 Å². The zero-order chi connectivity index (χ0) is 17.2. The summed E-state index contributed by atoms with van der Waals surface area (Å²) in [5.41, 5.74) is 2.01. The second-order valence-corrected chi connectivity index (χ2v) is 6.50. The van der Waals surface area contributed by atoms with Gasteiger partial charge in [0, 0.05) is 38.3 Å². The van der Waals surface area contributed by atoms with E-state index >= 15 is 0 Å². The number of benzene rings is 1. The van der Waals surface area contributed by atoms with Gasteiger partial charge in [0.25, 0.3) is 11.8 Å². The van der Waals surface area contributed by atoms with Crippen molar-refractivity contribution in [2.45, 2.75) is 25.4 Å². The molecule has 1 atom stereocenters. The Labute approximate surface area is 145 Å². The van der Waals surface area contributed by atoms with Crippen LogP contribution < -0.4 is 0 Å². The Morgan fingerprint density at radius 2 is 1.84 bits per heavy atom. The molecule has 0 radical (unpaired) electrons. The second kappa shape index (κ2) is 6.79. The van der Waals surface area contributed by atoms with Gasteiger partial charge in [-0.15, -0.1) is 0 Å². The number of ether oxygens (including phenoxy) is 1. The number of fused-ring (bicyclic) bond motifs is 1. The Morgan fingerprint density at radius 1 is 1.04 bits per heavy atom. The maximum Gasteiger partial charge on any atom is 0.253 e. The molecule has 8 heteroatoms. The Balaban J connectivity index is 1.42. The first kappa shape index (κ1) is 16.0. The minimum atomic E-state index is -0.295. The second-order valence-electron chi connectivity index (χ2n) is 6.50. The smallest absolute Gasteiger partial charge is 0.253 e. The predicted molar refractivity (Wildman–Crippen MR) is 90.0 cm³/mol. The molecular weight excluding hydrogens is 322 g/mol. The van der Waals surface area contributed by atoms with E-state index in [-0.39, 0.29) is 17.9 Å². The van der Waals surface area contributed by atoms with Gasteiger partial charge in [0.1, 0.15) is 17.1 Å². The molecule has 3 heterocycles. The van der Waals surface area contributed by atoms with Crippen LogP contribution in [0.3, 0.4) is 0 Å². The number of hydrogen-bond donors (Lipinski definition) is 1. The molecule has 0 saturated carbocycles. The fraction of sp³-hybridized carbons (Fsp3) is 0.529. The molecule has 0 aliphatic carbocycles. The summed E-state index contributed by atoms with van der Waals surface area (Å²) in [6.45, 7) is 3.07. The lowest BCUT2D eigenvalue weighted by atomic mass is 10.1. The fourth-order valence-electron chi connectivity index (χ4n) is 3.47. The highest BCUT2D eigenvalue weighted by atomic mass is 16.5. The summed E-state index contributed by atoms with van der Waals surface area (Å²) in [7, 11) is 0. The molecule has 2 aliphatic heterocycles. The van der Waals surface area contributed by atoms with Gasteiger partial charge < -0.3 is 14.5 Å². The SMILES string of the molecule is O=C(c1ccc2n[nH]nc2c1)N1CCCN(C(=O)[C@H]2CCCO2)CC1. The Morgan fingerprint density at radius 3 is 2.68 bits per heavy atom. The average molecular weight is 343 g/mol. The predicted octanol–water partition coefficient (Wildman–Crippen LogP) is 0.811. The van der Waals surface area contributed by atoms with Crippen molar-refractivity contribution in [3.05, 3.63) is 23.8 Å². The number of nitrogens with zero attached hydrogens (tertiary/aromatic N) is 4. The van der Waals surface area contributed by atoms with Crippen LogP contribution in [0.2, 0.25) is 0 Å². The van der Waals surface area contributed by atoms with Crippen LogP contribution >= 0.6 is 0 Å². The number of hydrogen-bond acceptors (Lipinski definition) is 5. The van der Waals surface area contributed by atoms with Crippen LogP contribution in [0.15, 0.2) is 18.2 Å². The van der Waals surface area contributed by atoms with Gasteiger partial charge in [-0.2, -0.15) is 15.4 Å². The zero-order valence-corrected chi connectivity index (χ0v) is 14.0. The van der Waals surface area contributed by atoms with Crippen LogP contribution in [0.5, 0.6) is 0 Å². The number of amides is 2. The van der Waals surface area contributed by atoms with E-state index in [1.165, 1.54) is 0 Å². The van der Waals surface area contributed by atoms with Gasteiger partial charge in [-0.25, -0.2) is 0 Å². The van der Waals surface area contributed by atoms with E-state index in [4.69, 9.17) is 4.74 Å². The van der Waals surface area contributed by atoms with E-state index in [0.29, 0.717) is 43.9 Å². The molecule has 1 aromatic heterocycles. The number of aromatic nitrogens is 3. The van der Waals surface area contributed by atoms with Crippen LogP contribution in [-0.2, 0) is 9.53 Å². The number of H-pyrrole nitrogens is 1. The summed E-state index contributed by atoms with van der Waals surface area (Å²) in [6.07, 6.45) is 2.22. The Kier molecular flexibility index (Phi) is 4.35. The third-order valence-electron chi connectivity index (χ3n) is 4.86. The first-order valence-corrected chi connectivity index (χ1v) is 8.72. The summed E-state index contributed by atoms with van der Waals surface area (Å²) in [4.78, 5) is 28.9. The number of nitrogens with one attached hydrogen (secondary N) is 1. The molecule has 2 amide bonds. The van der Waals surface area contributed by atoms with Gasteiger partial charge in [-0.3, -0.25) is 9.59 Å². The van der Waals surface area contributed by atoms with E-state index in [1.54, 1.807) is 18.2 Å². The molecule has 2 fully saturated rings. The Hall–Kier alpha value is -2.48. The lowest BCUT2D eigenvalue weighted by Crippen LogP contribution is -2.41. The monoisotopic (exact) mass is 343 g/mol. The van der Waals surface area contributed by atoms with Gasteiger partial charge >= 0.3 is 0 Å². The summed E-state index contributed by atoms with van der Waals surface area (Å²) >= 11 is 0. The van der Waals surface area contributed by atoms with E-state index < -0.39 is 0 Å². The molecule has 0 bridgehead atoms. The maximum absolute atomic E-state index is 12.8. The third kappa shape index (κ3) is 3.21. The van der Waals surface area contributed by atoms with Crippen molar-refractivity contribution in [3.8, 4) is 0 Å². The molecule has 1 aromatic carbocycles. The molecule has 0 spiro atoms. The molecule has 2 aliphatic rings. The maximum atomic E-state index is 12.8. The quantitative estimate of drug-likeness (QED) is 0.871. The summed E-state index contributed by atoms with van der Waals surface area (Å²) in [6, 6.07) is 5.31. The number of rotatable bonds is 2. The zero-order valence-electron chi connectivity index (χ0n) is 14.0. The van der Waals surface area contributed by atoms with Crippen molar-refractivity contribution in [2.75, 3.05) is 32.8 Å². The van der Waals surface area contributed by atoms with Gasteiger partial charge in [0.05, 0.1) is 0 Å². The van der Waals surface area contributed by atoms with Crippen LogP contribution in [0.25, 0.3) is 11.0 Å². The van der Waals surface area contributed by atoms with Crippen molar-refractivity contribution < 1.29 is 14.3 Å². The number of carbonyl (C=O) groups is 2. The highest BCUT2D eigenvalue weighted by molar-refractivity contribution is 5.97. The van der Waals surface area contributed by atoms with E-state index in [9.17, 15) is 9.59 Å². The molecule has 1 N–H and O–H groups in total. The topological polar surface area (TPSA) is 91.4 Å². The van der Waals surface area contributed by atoms with Crippen molar-refractivity contribution >= 4 is 22.8 Å². The van der Waals surface area contributed by atoms with Crippen LogP contribution in [-0.4, -0.2) is 75.9 Å². The van der Waals surface area contributed by atoms with E-state index in [2.05, 4.69) is 15.4 Å². The molecule has 4 rings (SSSR count). The molecule has 8 nitrogen and oxygen atoms in total. The lowest BCUT2D eigenvalue weighted by Gasteiger charge is -2.24. The fourth-order valence-corrected chi connectivity index (χ4v) is 3.47. The average Bonchev–Trinajstić information content (AvgIpc) is 3.27. The number of aromatic amines is 1. The Bertz CT molecular complexity index is 783. The largest absolute Gasteiger partial charge is 0.368 e. The van der Waals surface area contributed by atoms with Gasteiger partial charge in [-0.05, 0) is 37.5 Å². The van der Waals surface area contributed by atoms with Crippen molar-refractivity contribution in [1.82, 2.24) is 25.2 Å². The normalized spacial score (nSPS) is 21.5. The number of carbonyl (C=O) groups excluding carboxylic acids is 2. The van der Waals surface area contributed by atoms with E-state index in [0.717, 1.165) is 24.8 Å². The van der Waals surface area contributed by atoms with Gasteiger partial charge in [-0.1, -0.05) is 0 Å². The first-order valence-electron chi connectivity index (χ1n) is 8.72.